The van der Waals surface area contributed by atoms with Crippen LogP contribution >= 0.6 is 24.4 Å². The Bertz CT molecular complexity index is 238. The number of thiol groups is 1. The molecule has 0 aromatic heterocycles. The molecule has 0 saturated carbocycles. The molecule has 0 atom stereocenters. The lowest BCUT2D eigenvalue weighted by Crippen LogP contribution is -1.86. The largest absolute Gasteiger partial charge is 0.496 e. The quantitative estimate of drug-likeness (QED) is 0.591. The molecule has 0 heterocycles. The maximum atomic E-state index is 5.20. The minimum absolute atomic E-state index is 0.892. The lowest BCUT2D eigenvalue weighted by molar-refractivity contribution is 0.405. The van der Waals surface area contributed by atoms with Gasteiger partial charge in [-0.1, -0.05) is 12.1 Å². The van der Waals surface area contributed by atoms with Gasteiger partial charge in [0.05, 0.1) is 7.11 Å². The molecule has 1 nitrogen and oxygen atoms in total. The molecule has 12 heavy (non-hydrogen) atoms. The van der Waals surface area contributed by atoms with Crippen molar-refractivity contribution in [1.29, 1.82) is 0 Å². The van der Waals surface area contributed by atoms with Gasteiger partial charge in [-0.05, 0) is 17.9 Å². The summed E-state index contributed by atoms with van der Waals surface area (Å²) in [5.74, 6) is 2.86. The normalized spacial score (nSPS) is 9.83. The van der Waals surface area contributed by atoms with E-state index in [1.807, 2.05) is 18.2 Å². The Kier molecular flexibility index (Phi) is 4.40. The smallest absolute Gasteiger partial charge is 0.132 e. The fourth-order valence-corrected chi connectivity index (χ4v) is 1.95. The van der Waals surface area contributed by atoms with E-state index in [0.29, 0.717) is 0 Å². The first-order valence-corrected chi connectivity index (χ1v) is 5.37. The molecule has 3 heteroatoms. The Balaban J connectivity index is 2.68. The van der Waals surface area contributed by atoms with Crippen LogP contribution in [0.3, 0.4) is 0 Å². The molecule has 0 spiro atoms. The van der Waals surface area contributed by atoms with Gasteiger partial charge in [-0.15, -0.1) is 11.8 Å². The van der Waals surface area contributed by atoms with Crippen molar-refractivity contribution in [3.63, 3.8) is 0 Å². The lowest BCUT2D eigenvalue weighted by atomic mass is 10.3. The third-order valence-corrected chi connectivity index (χ3v) is 3.00. The van der Waals surface area contributed by atoms with Gasteiger partial charge in [-0.3, -0.25) is 0 Å². The summed E-state index contributed by atoms with van der Waals surface area (Å²) in [7, 11) is 1.69. The first kappa shape index (κ1) is 9.81. The van der Waals surface area contributed by atoms with Gasteiger partial charge in [0.2, 0.25) is 0 Å². The molecule has 0 aliphatic heterocycles. The van der Waals surface area contributed by atoms with Gasteiger partial charge in [0.25, 0.3) is 0 Å². The molecule has 0 aliphatic carbocycles. The predicted molar refractivity (Wildman–Crippen MR) is 57.6 cm³/mol. The molecule has 0 fully saturated rings. The minimum atomic E-state index is 0.892. The Morgan fingerprint density at radius 1 is 1.42 bits per heavy atom. The summed E-state index contributed by atoms with van der Waals surface area (Å²) >= 11 is 5.92. The molecule has 0 N–H and O–H groups in total. The summed E-state index contributed by atoms with van der Waals surface area (Å²) in [5.41, 5.74) is 0. The highest BCUT2D eigenvalue weighted by molar-refractivity contribution is 8.00. The molecule has 1 rings (SSSR count). The standard InChI is InChI=1S/C9H12OS2/c1-10-8-4-2-3-5-9(8)12-7-6-11/h2-5,11H,6-7H2,1H3. The average Bonchev–Trinajstić information content (AvgIpc) is 2.15. The van der Waals surface area contributed by atoms with Gasteiger partial charge in [0.1, 0.15) is 5.75 Å². The van der Waals surface area contributed by atoms with Gasteiger partial charge in [-0.2, -0.15) is 12.6 Å². The Morgan fingerprint density at radius 2 is 2.17 bits per heavy atom. The summed E-state index contributed by atoms with van der Waals surface area (Å²) in [6.07, 6.45) is 0. The van der Waals surface area contributed by atoms with E-state index in [1.165, 1.54) is 4.90 Å². The average molecular weight is 200 g/mol. The maximum absolute atomic E-state index is 5.20. The number of thioether (sulfide) groups is 1. The Morgan fingerprint density at radius 3 is 2.83 bits per heavy atom. The molecule has 0 bridgehead atoms. The molecule has 0 saturated heterocycles. The Labute approximate surface area is 82.9 Å². The molecule has 66 valence electrons. The number of hydrogen-bond acceptors (Lipinski definition) is 3. The second-order valence-electron chi connectivity index (χ2n) is 2.22. The molecule has 0 radical (unpaired) electrons. The zero-order valence-electron chi connectivity index (χ0n) is 6.99. The molecule has 0 aliphatic rings. The van der Waals surface area contributed by atoms with E-state index in [9.17, 15) is 0 Å². The zero-order valence-corrected chi connectivity index (χ0v) is 8.70. The van der Waals surface area contributed by atoms with Crippen molar-refractivity contribution < 1.29 is 4.74 Å². The van der Waals surface area contributed by atoms with Crippen molar-refractivity contribution in [2.75, 3.05) is 18.6 Å². The highest BCUT2D eigenvalue weighted by Gasteiger charge is 1.99. The van der Waals surface area contributed by atoms with Gasteiger partial charge in [-0.25, -0.2) is 0 Å². The summed E-state index contributed by atoms with van der Waals surface area (Å²) in [6, 6.07) is 8.03. The fraction of sp³-hybridized carbons (Fsp3) is 0.333. The van der Waals surface area contributed by atoms with E-state index in [2.05, 4.69) is 18.7 Å². The van der Waals surface area contributed by atoms with Gasteiger partial charge in [0, 0.05) is 10.6 Å². The van der Waals surface area contributed by atoms with E-state index < -0.39 is 0 Å². The van der Waals surface area contributed by atoms with Crippen molar-refractivity contribution >= 4 is 24.4 Å². The van der Waals surface area contributed by atoms with Crippen LogP contribution in [0.4, 0.5) is 0 Å². The summed E-state index contributed by atoms with van der Waals surface area (Å²) in [6.45, 7) is 0. The third-order valence-electron chi connectivity index (χ3n) is 1.42. The predicted octanol–water partition coefficient (Wildman–Crippen LogP) is 2.72. The van der Waals surface area contributed by atoms with Crippen LogP contribution in [-0.4, -0.2) is 18.6 Å². The number of hydrogen-bond donors (Lipinski definition) is 1. The number of ether oxygens (including phenoxy) is 1. The second-order valence-corrected chi connectivity index (χ2v) is 3.81. The van der Waals surface area contributed by atoms with Crippen molar-refractivity contribution in [2.24, 2.45) is 0 Å². The summed E-state index contributed by atoms with van der Waals surface area (Å²) in [5, 5.41) is 0. The summed E-state index contributed by atoms with van der Waals surface area (Å²) in [4.78, 5) is 1.19. The number of rotatable bonds is 4. The highest BCUT2D eigenvalue weighted by Crippen LogP contribution is 2.28. The molecule has 0 unspecified atom stereocenters. The van der Waals surface area contributed by atoms with Crippen LogP contribution in [0, 0.1) is 0 Å². The van der Waals surface area contributed by atoms with Crippen molar-refractivity contribution in [3.05, 3.63) is 24.3 Å². The van der Waals surface area contributed by atoms with Crippen LogP contribution in [0.15, 0.2) is 29.2 Å². The van der Waals surface area contributed by atoms with E-state index in [-0.39, 0.29) is 0 Å². The molecule has 1 aromatic rings. The van der Waals surface area contributed by atoms with Crippen LogP contribution in [0.1, 0.15) is 0 Å². The van der Waals surface area contributed by atoms with Crippen LogP contribution < -0.4 is 4.74 Å². The lowest BCUT2D eigenvalue weighted by Gasteiger charge is -2.05. The van der Waals surface area contributed by atoms with Crippen LogP contribution in [0.25, 0.3) is 0 Å². The topological polar surface area (TPSA) is 9.23 Å². The van der Waals surface area contributed by atoms with E-state index in [1.54, 1.807) is 18.9 Å². The highest BCUT2D eigenvalue weighted by atomic mass is 32.2. The first-order valence-electron chi connectivity index (χ1n) is 3.75. The maximum Gasteiger partial charge on any atom is 0.132 e. The van der Waals surface area contributed by atoms with Crippen LogP contribution in [0.2, 0.25) is 0 Å². The van der Waals surface area contributed by atoms with Crippen LogP contribution in [-0.2, 0) is 0 Å². The Hall–Kier alpha value is -0.280. The second kappa shape index (κ2) is 5.38. The van der Waals surface area contributed by atoms with E-state index >= 15 is 0 Å². The number of para-hydroxylation sites is 1. The van der Waals surface area contributed by atoms with Crippen molar-refractivity contribution in [1.82, 2.24) is 0 Å². The van der Waals surface area contributed by atoms with Gasteiger partial charge >= 0.3 is 0 Å². The molecular formula is C9H12OS2. The third kappa shape index (κ3) is 2.64. The zero-order chi connectivity index (χ0) is 8.81. The fourth-order valence-electron chi connectivity index (χ4n) is 0.894. The van der Waals surface area contributed by atoms with Crippen molar-refractivity contribution in [2.45, 2.75) is 4.90 Å². The SMILES string of the molecule is COc1ccccc1SCCS. The number of methoxy groups -OCH3 is 1. The molecule has 1 aromatic carbocycles. The van der Waals surface area contributed by atoms with Crippen LogP contribution in [0.5, 0.6) is 5.75 Å². The van der Waals surface area contributed by atoms with E-state index in [0.717, 1.165) is 17.3 Å². The first-order chi connectivity index (χ1) is 5.88. The van der Waals surface area contributed by atoms with Gasteiger partial charge in [0.15, 0.2) is 0 Å². The molecular weight excluding hydrogens is 188 g/mol. The number of benzene rings is 1. The summed E-state index contributed by atoms with van der Waals surface area (Å²) < 4.78 is 5.20. The molecule has 0 amide bonds. The monoisotopic (exact) mass is 200 g/mol. The van der Waals surface area contributed by atoms with Gasteiger partial charge < -0.3 is 4.74 Å². The minimum Gasteiger partial charge on any atom is -0.496 e. The van der Waals surface area contributed by atoms with E-state index in [4.69, 9.17) is 4.74 Å². The van der Waals surface area contributed by atoms with Crippen molar-refractivity contribution in [3.8, 4) is 5.75 Å².